The molecule has 0 unspecified atom stereocenters. The van der Waals surface area contributed by atoms with Gasteiger partial charge in [-0.2, -0.15) is 0 Å². The number of nitrogens with zero attached hydrogens (tertiary/aromatic N) is 5. The Morgan fingerprint density at radius 2 is 1.67 bits per heavy atom. The van der Waals surface area contributed by atoms with Crippen molar-refractivity contribution >= 4 is 29.4 Å². The highest BCUT2D eigenvalue weighted by molar-refractivity contribution is 6.32. The maximum atomic E-state index is 14.4. The minimum Gasteiger partial charge on any atom is -0.495 e. The number of anilines is 1. The molecule has 0 radical (unpaired) electrons. The number of carbonyl (C=O) groups is 2. The van der Waals surface area contributed by atoms with Crippen LogP contribution < -0.4 is 9.64 Å². The fraction of sp³-hybridized carbons (Fsp3) is 0.579. The molecule has 0 atom stereocenters. The summed E-state index contributed by atoms with van der Waals surface area (Å²) in [5.41, 5.74) is 2.92. The summed E-state index contributed by atoms with van der Waals surface area (Å²) in [6.45, 7) is 3.72. The van der Waals surface area contributed by atoms with Gasteiger partial charge in [0.2, 0.25) is 5.91 Å². The number of rotatable bonds is 9. The molecule has 262 valence electrons. The Hall–Kier alpha value is -3.63. The average Bonchev–Trinajstić information content (AvgIpc) is 3.86. The Morgan fingerprint density at radius 1 is 0.939 bits per heavy atom. The number of benzene rings is 1. The lowest BCUT2D eigenvalue weighted by atomic mass is 9.78. The van der Waals surface area contributed by atoms with E-state index in [1.165, 1.54) is 5.56 Å². The Bertz CT molecular complexity index is 1600. The summed E-state index contributed by atoms with van der Waals surface area (Å²) in [5, 5.41) is 0.644. The summed E-state index contributed by atoms with van der Waals surface area (Å²) in [7, 11) is 3.70. The Labute approximate surface area is 294 Å². The van der Waals surface area contributed by atoms with Gasteiger partial charge in [-0.1, -0.05) is 17.7 Å². The molecule has 49 heavy (non-hydrogen) atoms. The van der Waals surface area contributed by atoms with Gasteiger partial charge in [0.15, 0.2) is 5.89 Å². The third-order valence-electron chi connectivity index (χ3n) is 11.0. The van der Waals surface area contributed by atoms with Gasteiger partial charge in [0.05, 0.1) is 12.1 Å². The van der Waals surface area contributed by atoms with Crippen LogP contribution in [-0.2, 0) is 9.53 Å². The van der Waals surface area contributed by atoms with Crippen molar-refractivity contribution in [1.82, 2.24) is 19.8 Å². The second-order valence-electron chi connectivity index (χ2n) is 14.5. The van der Waals surface area contributed by atoms with Gasteiger partial charge in [0.1, 0.15) is 29.6 Å². The highest BCUT2D eigenvalue weighted by Crippen LogP contribution is 2.41. The topological polar surface area (TPSA) is 101 Å². The van der Waals surface area contributed by atoms with E-state index in [0.717, 1.165) is 68.8 Å². The second kappa shape index (κ2) is 15.1. The van der Waals surface area contributed by atoms with E-state index >= 15 is 0 Å². The molecule has 3 heterocycles. The number of likely N-dealkylation sites (N-methyl/N-ethyl adjacent to an activating group) is 1. The molecule has 1 aliphatic heterocycles. The lowest BCUT2D eigenvalue weighted by molar-refractivity contribution is -0.124. The van der Waals surface area contributed by atoms with Gasteiger partial charge < -0.3 is 23.7 Å². The van der Waals surface area contributed by atoms with Crippen molar-refractivity contribution in [2.45, 2.75) is 82.1 Å². The Kier molecular flexibility index (Phi) is 10.4. The van der Waals surface area contributed by atoms with E-state index in [9.17, 15) is 9.59 Å². The van der Waals surface area contributed by atoms with Crippen LogP contribution in [0.3, 0.4) is 0 Å². The van der Waals surface area contributed by atoms with Gasteiger partial charge >= 0.3 is 6.09 Å². The van der Waals surface area contributed by atoms with Crippen molar-refractivity contribution in [2.75, 3.05) is 51.8 Å². The molecule has 1 aromatic carbocycles. The Balaban J connectivity index is 1.03. The average molecular weight is 690 g/mol. The zero-order valence-corrected chi connectivity index (χ0v) is 29.4. The van der Waals surface area contributed by atoms with Gasteiger partial charge in [-0.25, -0.2) is 14.8 Å². The monoisotopic (exact) mass is 689 g/mol. The summed E-state index contributed by atoms with van der Waals surface area (Å²) in [6, 6.07) is 10.0. The molecule has 10 nitrogen and oxygen atoms in total. The molecule has 7 rings (SSSR count). The second-order valence-corrected chi connectivity index (χ2v) is 14.9. The molecule has 3 aromatic rings. The minimum absolute atomic E-state index is 0.108. The maximum Gasteiger partial charge on any atom is 0.410 e. The number of carbonyl (C=O) groups excluding carboxylic acids is 2. The fourth-order valence-corrected chi connectivity index (χ4v) is 7.95. The van der Waals surface area contributed by atoms with Gasteiger partial charge in [0.25, 0.3) is 0 Å². The van der Waals surface area contributed by atoms with E-state index in [1.54, 1.807) is 24.5 Å². The molecule has 2 aromatic heterocycles. The molecule has 2 amide bonds. The van der Waals surface area contributed by atoms with Gasteiger partial charge in [-0.05, 0) is 113 Å². The lowest BCUT2D eigenvalue weighted by Crippen LogP contribution is -2.48. The molecule has 3 saturated carbocycles. The van der Waals surface area contributed by atoms with Crippen molar-refractivity contribution in [1.29, 1.82) is 0 Å². The first-order valence-corrected chi connectivity index (χ1v) is 18.4. The molecule has 11 heteroatoms. The minimum atomic E-state index is -0.226. The number of aromatic nitrogens is 2. The number of pyridine rings is 1. The lowest BCUT2D eigenvalue weighted by Gasteiger charge is -2.36. The van der Waals surface area contributed by atoms with E-state index in [4.69, 9.17) is 35.5 Å². The zero-order valence-electron chi connectivity index (χ0n) is 28.7. The number of hydrogen-bond donors (Lipinski definition) is 0. The summed E-state index contributed by atoms with van der Waals surface area (Å²) in [5.74, 6) is 3.32. The Morgan fingerprint density at radius 3 is 2.37 bits per heavy atom. The van der Waals surface area contributed by atoms with Crippen molar-refractivity contribution in [3.63, 3.8) is 0 Å². The van der Waals surface area contributed by atoms with Crippen LogP contribution in [0.4, 0.5) is 10.6 Å². The first-order valence-electron chi connectivity index (χ1n) is 18.1. The van der Waals surface area contributed by atoms with Gasteiger partial charge in [-0.3, -0.25) is 9.69 Å². The van der Waals surface area contributed by atoms with Crippen LogP contribution in [-0.4, -0.2) is 84.8 Å². The van der Waals surface area contributed by atoms with Crippen molar-refractivity contribution < 1.29 is 23.5 Å². The third-order valence-corrected chi connectivity index (χ3v) is 11.3. The van der Waals surface area contributed by atoms with Gasteiger partial charge in [0, 0.05) is 56.3 Å². The first kappa shape index (κ1) is 33.8. The highest BCUT2D eigenvalue weighted by atomic mass is 35.5. The number of ether oxygens (including phenoxy) is 2. The van der Waals surface area contributed by atoms with E-state index in [2.05, 4.69) is 18.0 Å². The highest BCUT2D eigenvalue weighted by Gasteiger charge is 2.35. The first-order chi connectivity index (χ1) is 23.8. The van der Waals surface area contributed by atoms with Crippen molar-refractivity contribution in [3.05, 3.63) is 59.3 Å². The number of oxazole rings is 1. The van der Waals surface area contributed by atoms with E-state index in [-0.39, 0.29) is 24.0 Å². The number of halogens is 1. The molecule has 0 N–H and O–H groups in total. The smallest absolute Gasteiger partial charge is 0.410 e. The van der Waals surface area contributed by atoms with Crippen LogP contribution >= 0.6 is 11.6 Å². The molecule has 4 fully saturated rings. The van der Waals surface area contributed by atoms with E-state index < -0.39 is 0 Å². The van der Waals surface area contributed by atoms with E-state index in [0.29, 0.717) is 79.7 Å². The van der Waals surface area contributed by atoms with Crippen LogP contribution in [0.25, 0.3) is 11.3 Å². The standard InChI is InChI=1S/C38H48ClN5O5/c1-42-17-19-43(20-18-42)38(46)49-31-12-9-28(10-13-31)37(45)44(35-22-30(15-16-40-35)33-24-48-36(41-33)27-7-8-27)23-25-3-5-26(6-4-25)29-11-14-34(47-2)32(39)21-29/h11,14-16,21-22,24-28,31H,3-10,12-13,17-20,23H2,1-2H3. The third kappa shape index (κ3) is 8.07. The van der Waals surface area contributed by atoms with Crippen molar-refractivity contribution in [2.24, 2.45) is 11.8 Å². The van der Waals surface area contributed by atoms with Crippen LogP contribution in [0.15, 0.2) is 47.2 Å². The zero-order chi connectivity index (χ0) is 33.9. The molecule has 0 spiro atoms. The van der Waals surface area contributed by atoms with Crippen LogP contribution in [0, 0.1) is 11.8 Å². The molecular formula is C38H48ClN5O5. The summed E-state index contributed by atoms with van der Waals surface area (Å²) < 4.78 is 17.1. The van der Waals surface area contributed by atoms with Crippen LogP contribution in [0.1, 0.15) is 87.5 Å². The molecule has 1 saturated heterocycles. The number of amides is 2. The quantitative estimate of drug-likeness (QED) is 0.227. The van der Waals surface area contributed by atoms with Gasteiger partial charge in [-0.15, -0.1) is 0 Å². The molecule has 4 aliphatic rings. The number of hydrogen-bond acceptors (Lipinski definition) is 8. The number of piperazine rings is 1. The summed E-state index contributed by atoms with van der Waals surface area (Å²) in [6.07, 6.45) is 12.2. The summed E-state index contributed by atoms with van der Waals surface area (Å²) in [4.78, 5) is 42.7. The van der Waals surface area contributed by atoms with Crippen molar-refractivity contribution in [3.8, 4) is 17.0 Å². The fourth-order valence-electron chi connectivity index (χ4n) is 7.69. The largest absolute Gasteiger partial charge is 0.495 e. The SMILES string of the molecule is COc1ccc(C2CCC(CN(C(=O)C3CCC(OC(=O)N4CCN(C)CC4)CC3)c3cc(-c4coc(C5CC5)n4)ccn3)CC2)cc1Cl. The molecule has 0 bridgehead atoms. The molecule has 3 aliphatic carbocycles. The predicted molar refractivity (Wildman–Crippen MR) is 188 cm³/mol. The predicted octanol–water partition coefficient (Wildman–Crippen LogP) is 7.53. The summed E-state index contributed by atoms with van der Waals surface area (Å²) >= 11 is 6.46. The maximum absolute atomic E-state index is 14.4. The van der Waals surface area contributed by atoms with E-state index in [1.807, 2.05) is 29.2 Å². The molecular weight excluding hydrogens is 642 g/mol. The van der Waals surface area contributed by atoms with Crippen LogP contribution in [0.2, 0.25) is 5.02 Å². The normalized spacial score (nSPS) is 24.8. The number of methoxy groups -OCH3 is 1. The van der Waals surface area contributed by atoms with Crippen LogP contribution in [0.5, 0.6) is 5.75 Å².